The fourth-order valence-corrected chi connectivity index (χ4v) is 2.12. The van der Waals surface area contributed by atoms with E-state index in [0.717, 1.165) is 27.7 Å². The molecule has 100 valence electrons. The summed E-state index contributed by atoms with van der Waals surface area (Å²) in [6.07, 6.45) is 1.42. The Labute approximate surface area is 117 Å². The van der Waals surface area contributed by atoms with Crippen molar-refractivity contribution in [2.75, 3.05) is 11.9 Å². The monoisotopic (exact) mass is 312 g/mol. The average molecular weight is 313 g/mol. The Morgan fingerprint density at radius 3 is 2.39 bits per heavy atom. The van der Waals surface area contributed by atoms with E-state index in [2.05, 4.69) is 28.2 Å². The van der Waals surface area contributed by atoms with Gasteiger partial charge in [-0.2, -0.15) is 0 Å². The molecule has 1 atom stereocenters. The summed E-state index contributed by atoms with van der Waals surface area (Å²) in [6, 6.07) is 3.94. The smallest absolute Gasteiger partial charge is 0.224 e. The highest BCUT2D eigenvalue weighted by Crippen LogP contribution is 2.25. The molecule has 0 aliphatic rings. The molecule has 0 aliphatic carbocycles. The lowest BCUT2D eigenvalue weighted by atomic mass is 10.0. The highest BCUT2D eigenvalue weighted by molar-refractivity contribution is 9.10. The second-order valence-electron chi connectivity index (χ2n) is 4.69. The second-order valence-corrected chi connectivity index (χ2v) is 5.48. The molecule has 0 saturated carbocycles. The van der Waals surface area contributed by atoms with Crippen molar-refractivity contribution in [2.45, 2.75) is 33.6 Å². The van der Waals surface area contributed by atoms with Gasteiger partial charge in [-0.3, -0.25) is 4.79 Å². The Morgan fingerprint density at radius 1 is 1.39 bits per heavy atom. The molecule has 1 unspecified atom stereocenters. The van der Waals surface area contributed by atoms with Gasteiger partial charge < -0.3 is 11.1 Å². The quantitative estimate of drug-likeness (QED) is 0.875. The summed E-state index contributed by atoms with van der Waals surface area (Å²) in [5.41, 5.74) is 8.70. The number of anilines is 1. The number of amides is 1. The van der Waals surface area contributed by atoms with Crippen molar-refractivity contribution in [3.05, 3.63) is 27.7 Å². The first-order valence-corrected chi connectivity index (χ1v) is 7.03. The van der Waals surface area contributed by atoms with Crippen molar-refractivity contribution in [2.24, 2.45) is 11.7 Å². The van der Waals surface area contributed by atoms with Crippen molar-refractivity contribution in [1.29, 1.82) is 0 Å². The van der Waals surface area contributed by atoms with Crippen LogP contribution in [0.1, 0.15) is 30.9 Å². The summed E-state index contributed by atoms with van der Waals surface area (Å²) < 4.78 is 1.09. The molecule has 18 heavy (non-hydrogen) atoms. The Kier molecular flexibility index (Phi) is 5.82. The number of carbonyl (C=O) groups is 1. The molecule has 3 N–H and O–H groups in total. The minimum Gasteiger partial charge on any atom is -0.330 e. The molecule has 0 aromatic heterocycles. The van der Waals surface area contributed by atoms with Crippen LogP contribution in [0.15, 0.2) is 16.6 Å². The van der Waals surface area contributed by atoms with Gasteiger partial charge in [0.1, 0.15) is 0 Å². The van der Waals surface area contributed by atoms with Crippen LogP contribution >= 0.6 is 15.9 Å². The van der Waals surface area contributed by atoms with Crippen LogP contribution in [0.3, 0.4) is 0 Å². The maximum absolute atomic E-state index is 11.9. The molecule has 0 heterocycles. The van der Waals surface area contributed by atoms with Crippen molar-refractivity contribution in [3.8, 4) is 0 Å². The third-order valence-electron chi connectivity index (χ3n) is 3.10. The van der Waals surface area contributed by atoms with E-state index in [9.17, 15) is 4.79 Å². The molecule has 1 amide bonds. The molecule has 0 spiro atoms. The Hall–Kier alpha value is -0.870. The minimum atomic E-state index is 0.0356. The molecule has 0 fully saturated rings. The van der Waals surface area contributed by atoms with Crippen LogP contribution < -0.4 is 11.1 Å². The van der Waals surface area contributed by atoms with Gasteiger partial charge in [-0.25, -0.2) is 0 Å². The molecular weight excluding hydrogens is 292 g/mol. The largest absolute Gasteiger partial charge is 0.330 e. The van der Waals surface area contributed by atoms with E-state index in [-0.39, 0.29) is 11.8 Å². The SMILES string of the molecule is CCC(CN)CC(=O)Nc1cc(C)c(Br)c(C)c1. The van der Waals surface area contributed by atoms with Crippen LogP contribution in [-0.2, 0) is 4.79 Å². The van der Waals surface area contributed by atoms with E-state index in [4.69, 9.17) is 5.73 Å². The van der Waals surface area contributed by atoms with Gasteiger partial charge in [0.05, 0.1) is 0 Å². The van der Waals surface area contributed by atoms with E-state index < -0.39 is 0 Å². The fraction of sp³-hybridized carbons (Fsp3) is 0.500. The van der Waals surface area contributed by atoms with Gasteiger partial charge in [0.2, 0.25) is 5.91 Å². The maximum Gasteiger partial charge on any atom is 0.224 e. The number of rotatable bonds is 5. The van der Waals surface area contributed by atoms with Crippen LogP contribution in [-0.4, -0.2) is 12.5 Å². The van der Waals surface area contributed by atoms with E-state index in [1.54, 1.807) is 0 Å². The third kappa shape index (κ3) is 4.10. The predicted molar refractivity (Wildman–Crippen MR) is 79.7 cm³/mol. The number of nitrogens with two attached hydrogens (primary N) is 1. The van der Waals surface area contributed by atoms with Gasteiger partial charge in [0.15, 0.2) is 0 Å². The van der Waals surface area contributed by atoms with E-state index in [0.29, 0.717) is 13.0 Å². The van der Waals surface area contributed by atoms with Gasteiger partial charge in [0, 0.05) is 16.6 Å². The molecule has 1 rings (SSSR count). The standard InChI is InChI=1S/C14H21BrN2O/c1-4-11(8-16)7-13(18)17-12-5-9(2)14(15)10(3)6-12/h5-6,11H,4,7-8,16H2,1-3H3,(H,17,18). The highest BCUT2D eigenvalue weighted by atomic mass is 79.9. The first kappa shape index (κ1) is 15.2. The zero-order valence-corrected chi connectivity index (χ0v) is 12.8. The number of nitrogens with one attached hydrogen (secondary N) is 1. The molecule has 1 aromatic rings. The fourth-order valence-electron chi connectivity index (χ4n) is 1.89. The number of hydrogen-bond acceptors (Lipinski definition) is 2. The summed E-state index contributed by atoms with van der Waals surface area (Å²) in [7, 11) is 0. The van der Waals surface area contributed by atoms with Crippen LogP contribution in [0.5, 0.6) is 0 Å². The number of aryl methyl sites for hydroxylation is 2. The molecule has 0 bridgehead atoms. The van der Waals surface area contributed by atoms with Gasteiger partial charge in [-0.1, -0.05) is 29.3 Å². The molecule has 3 nitrogen and oxygen atoms in total. The molecule has 0 radical (unpaired) electrons. The van der Waals surface area contributed by atoms with Gasteiger partial charge >= 0.3 is 0 Å². The van der Waals surface area contributed by atoms with Crippen LogP contribution in [0.4, 0.5) is 5.69 Å². The Balaban J connectivity index is 2.70. The number of benzene rings is 1. The topological polar surface area (TPSA) is 55.1 Å². The number of halogens is 1. The minimum absolute atomic E-state index is 0.0356. The average Bonchev–Trinajstić information content (AvgIpc) is 2.32. The molecule has 4 heteroatoms. The van der Waals surface area contributed by atoms with E-state index in [1.165, 1.54) is 0 Å². The summed E-state index contributed by atoms with van der Waals surface area (Å²) >= 11 is 3.51. The number of hydrogen-bond donors (Lipinski definition) is 2. The summed E-state index contributed by atoms with van der Waals surface area (Å²) in [5.74, 6) is 0.302. The zero-order valence-electron chi connectivity index (χ0n) is 11.2. The van der Waals surface area contributed by atoms with Gasteiger partial charge in [-0.05, 0) is 49.6 Å². The summed E-state index contributed by atoms with van der Waals surface area (Å²) in [6.45, 7) is 6.64. The second kappa shape index (κ2) is 6.90. The van der Waals surface area contributed by atoms with E-state index in [1.807, 2.05) is 26.0 Å². The van der Waals surface area contributed by atoms with Crippen LogP contribution in [0.25, 0.3) is 0 Å². The molecule has 0 aliphatic heterocycles. The molecule has 1 aromatic carbocycles. The lowest BCUT2D eigenvalue weighted by Gasteiger charge is -2.13. The normalized spacial score (nSPS) is 12.3. The number of carbonyl (C=O) groups excluding carboxylic acids is 1. The van der Waals surface area contributed by atoms with Gasteiger partial charge in [-0.15, -0.1) is 0 Å². The Bertz CT molecular complexity index is 405. The van der Waals surface area contributed by atoms with Crippen molar-refractivity contribution < 1.29 is 4.79 Å². The van der Waals surface area contributed by atoms with Crippen LogP contribution in [0.2, 0.25) is 0 Å². The van der Waals surface area contributed by atoms with Crippen LogP contribution in [0, 0.1) is 19.8 Å². The molecular formula is C14H21BrN2O. The lowest BCUT2D eigenvalue weighted by Crippen LogP contribution is -2.21. The van der Waals surface area contributed by atoms with Gasteiger partial charge in [0.25, 0.3) is 0 Å². The third-order valence-corrected chi connectivity index (χ3v) is 4.36. The predicted octanol–water partition coefficient (Wildman–Crippen LogP) is 3.38. The first-order valence-electron chi connectivity index (χ1n) is 6.24. The van der Waals surface area contributed by atoms with Crippen molar-refractivity contribution >= 4 is 27.5 Å². The highest BCUT2D eigenvalue weighted by Gasteiger charge is 2.11. The summed E-state index contributed by atoms with van der Waals surface area (Å²) in [4.78, 5) is 11.9. The zero-order chi connectivity index (χ0) is 13.7. The van der Waals surface area contributed by atoms with E-state index >= 15 is 0 Å². The van der Waals surface area contributed by atoms with Crippen molar-refractivity contribution in [3.63, 3.8) is 0 Å². The first-order chi connectivity index (χ1) is 8.47. The van der Waals surface area contributed by atoms with Crippen molar-refractivity contribution in [1.82, 2.24) is 0 Å². The maximum atomic E-state index is 11.9. The lowest BCUT2D eigenvalue weighted by molar-refractivity contribution is -0.117. The molecule has 0 saturated heterocycles. The summed E-state index contributed by atoms with van der Waals surface area (Å²) in [5, 5.41) is 2.93. The Morgan fingerprint density at radius 2 is 1.94 bits per heavy atom.